The predicted octanol–water partition coefficient (Wildman–Crippen LogP) is 1.06. The summed E-state index contributed by atoms with van der Waals surface area (Å²) >= 11 is 0. The first-order valence-corrected chi connectivity index (χ1v) is 12.0. The Labute approximate surface area is 187 Å². The highest BCUT2D eigenvalue weighted by atomic mass is 127. The first-order valence-electron chi connectivity index (χ1n) is 9.83. The van der Waals surface area contributed by atoms with Gasteiger partial charge in [0.1, 0.15) is 18.9 Å². The van der Waals surface area contributed by atoms with Gasteiger partial charge in [-0.25, -0.2) is 0 Å². The van der Waals surface area contributed by atoms with E-state index in [2.05, 4.69) is 38.0 Å². The number of likely N-dealkylation sites (N-methyl/N-ethyl adjacent to an activating group) is 1. The van der Waals surface area contributed by atoms with Crippen molar-refractivity contribution in [2.75, 3.05) is 46.0 Å². The zero-order valence-electron chi connectivity index (χ0n) is 17.5. The topological polar surface area (TPSA) is 38.3 Å². The number of nitrogens with one attached hydrogen (secondary N) is 1. The van der Waals surface area contributed by atoms with Crippen molar-refractivity contribution in [3.8, 4) is 5.75 Å². The number of rotatable bonds is 11. The summed E-state index contributed by atoms with van der Waals surface area (Å²) in [6.07, 6.45) is 0. The predicted molar refractivity (Wildman–Crippen MR) is 115 cm³/mol. The molecular weight excluding hydrogens is 482 g/mol. The third-order valence-electron chi connectivity index (χ3n) is 5.41. The zero-order valence-corrected chi connectivity index (χ0v) is 20.6. The van der Waals surface area contributed by atoms with E-state index in [1.54, 1.807) is 0 Å². The molecule has 0 bridgehead atoms. The third kappa shape index (κ3) is 7.51. The van der Waals surface area contributed by atoms with Crippen molar-refractivity contribution in [3.63, 3.8) is 0 Å². The van der Waals surface area contributed by atoms with E-state index < -0.39 is 7.29 Å². The molecule has 0 aliphatic heterocycles. The van der Waals surface area contributed by atoms with Crippen LogP contribution in [0.5, 0.6) is 5.75 Å². The molecule has 6 heteroatoms. The van der Waals surface area contributed by atoms with Gasteiger partial charge in [-0.15, -0.1) is 0 Å². The van der Waals surface area contributed by atoms with Gasteiger partial charge in [0, 0.05) is 12.0 Å². The van der Waals surface area contributed by atoms with Gasteiger partial charge < -0.3 is 37.8 Å². The summed E-state index contributed by atoms with van der Waals surface area (Å²) in [5.74, 6) is 0.931. The summed E-state index contributed by atoms with van der Waals surface area (Å²) in [6.45, 7) is 13.7. The highest BCUT2D eigenvalue weighted by Crippen LogP contribution is 2.34. The Bertz CT molecular complexity index is 751. The van der Waals surface area contributed by atoms with Crippen LogP contribution in [0.2, 0.25) is 0 Å². The van der Waals surface area contributed by atoms with E-state index in [0.717, 1.165) is 48.3 Å². The van der Waals surface area contributed by atoms with Crippen LogP contribution >= 0.6 is 7.29 Å². The molecule has 0 aliphatic rings. The second kappa shape index (κ2) is 12.0. The maximum absolute atomic E-state index is 13.0. The lowest BCUT2D eigenvalue weighted by atomic mass is 10.2. The quantitative estimate of drug-likeness (QED) is 0.276. The lowest BCUT2D eigenvalue weighted by molar-refractivity contribution is -0.923. The molecule has 2 rings (SSSR count). The summed E-state index contributed by atoms with van der Waals surface area (Å²) in [5.41, 5.74) is 1.21. The van der Waals surface area contributed by atoms with E-state index in [1.807, 2.05) is 49.1 Å². The molecule has 0 fully saturated rings. The van der Waals surface area contributed by atoms with Gasteiger partial charge in [0.05, 0.1) is 26.2 Å². The van der Waals surface area contributed by atoms with Crippen molar-refractivity contribution in [2.45, 2.75) is 20.8 Å². The maximum Gasteiger partial charge on any atom is 0.173 e. The molecule has 28 heavy (non-hydrogen) atoms. The summed E-state index contributed by atoms with van der Waals surface area (Å²) in [5, 5.41) is 4.20. The van der Waals surface area contributed by atoms with Crippen LogP contribution in [0.15, 0.2) is 54.6 Å². The summed E-state index contributed by atoms with van der Waals surface area (Å²) in [4.78, 5) is 0. The molecule has 0 aliphatic carbocycles. The van der Waals surface area contributed by atoms with Crippen LogP contribution in [0, 0.1) is 6.92 Å². The molecule has 156 valence electrons. The second-order valence-electron chi connectivity index (χ2n) is 7.25. The van der Waals surface area contributed by atoms with Crippen LogP contribution < -0.4 is 39.1 Å². The van der Waals surface area contributed by atoms with Crippen LogP contribution in [0.25, 0.3) is 0 Å². The smallest absolute Gasteiger partial charge is 0.173 e. The number of halogens is 1. The Balaban J connectivity index is 0.00000392. The van der Waals surface area contributed by atoms with Gasteiger partial charge >= 0.3 is 0 Å². The van der Waals surface area contributed by atoms with Crippen LogP contribution in [-0.2, 0) is 4.57 Å². The standard InChI is InChI=1S/C22H34N2O2P.HI/c1-5-24(6-2,17-18-26-21-12-10-11-20(3)19-21)16-15-23-27(4,25)22-13-8-7-9-14-22;/h7-14,19H,5-6,15-18H2,1-4H3,(H,23,25);1H/q+1;/p-1. The molecule has 1 atom stereocenters. The number of hydrogen-bond acceptors (Lipinski definition) is 2. The number of quaternary nitrogens is 1. The Morgan fingerprint density at radius 3 is 2.29 bits per heavy atom. The number of benzene rings is 2. The van der Waals surface area contributed by atoms with Crippen molar-refractivity contribution in [2.24, 2.45) is 0 Å². The maximum atomic E-state index is 13.0. The van der Waals surface area contributed by atoms with E-state index in [4.69, 9.17) is 4.74 Å². The first-order chi connectivity index (χ1) is 12.9. The number of ether oxygens (including phenoxy) is 1. The molecule has 2 aromatic rings. The molecule has 1 N–H and O–H groups in total. The molecule has 1 unspecified atom stereocenters. The fourth-order valence-electron chi connectivity index (χ4n) is 3.33. The van der Waals surface area contributed by atoms with Gasteiger partial charge in [-0.3, -0.25) is 5.09 Å². The molecule has 0 radical (unpaired) electrons. The molecule has 0 aromatic heterocycles. The summed E-state index contributed by atoms with van der Waals surface area (Å²) < 4.78 is 19.9. The Kier molecular flexibility index (Phi) is 10.7. The number of nitrogens with zero attached hydrogens (tertiary/aromatic N) is 1. The lowest BCUT2D eigenvalue weighted by Gasteiger charge is -2.37. The van der Waals surface area contributed by atoms with E-state index in [9.17, 15) is 4.57 Å². The molecule has 0 saturated heterocycles. The van der Waals surface area contributed by atoms with Crippen molar-refractivity contribution < 1.29 is 37.8 Å². The molecule has 0 spiro atoms. The van der Waals surface area contributed by atoms with Gasteiger partial charge in [-0.1, -0.05) is 42.5 Å². The van der Waals surface area contributed by atoms with Crippen molar-refractivity contribution in [3.05, 3.63) is 60.2 Å². The van der Waals surface area contributed by atoms with Gasteiger partial charge in [-0.05, 0) is 38.5 Å². The fourth-order valence-corrected chi connectivity index (χ4v) is 4.78. The van der Waals surface area contributed by atoms with Gasteiger partial charge in [-0.2, -0.15) is 0 Å². The molecule has 0 saturated carbocycles. The molecule has 0 amide bonds. The second-order valence-corrected chi connectivity index (χ2v) is 9.94. The van der Waals surface area contributed by atoms with E-state index in [0.29, 0.717) is 6.61 Å². The molecule has 4 nitrogen and oxygen atoms in total. The Morgan fingerprint density at radius 2 is 1.68 bits per heavy atom. The first kappa shape index (κ1) is 25.2. The Morgan fingerprint density at radius 1 is 1.00 bits per heavy atom. The zero-order chi connectivity index (χ0) is 19.8. The van der Waals surface area contributed by atoms with Crippen LogP contribution in [0.1, 0.15) is 19.4 Å². The van der Waals surface area contributed by atoms with Crippen LogP contribution in [0.3, 0.4) is 0 Å². The minimum Gasteiger partial charge on any atom is -1.00 e. The molecular formula is C22H34IN2O2P. The SMILES string of the molecule is CC[N+](CC)(CCNP(C)(=O)c1ccccc1)CCOc1cccc(C)c1.[I-]. The van der Waals surface area contributed by atoms with Gasteiger partial charge in [0.15, 0.2) is 7.29 Å². The van der Waals surface area contributed by atoms with Crippen LogP contribution in [-0.4, -0.2) is 50.5 Å². The average molecular weight is 516 g/mol. The minimum absolute atomic E-state index is 0. The molecule has 0 heterocycles. The monoisotopic (exact) mass is 516 g/mol. The van der Waals surface area contributed by atoms with E-state index in [-0.39, 0.29) is 24.0 Å². The lowest BCUT2D eigenvalue weighted by Crippen LogP contribution is -3.00. The van der Waals surface area contributed by atoms with Gasteiger partial charge in [0.2, 0.25) is 0 Å². The van der Waals surface area contributed by atoms with Crippen LogP contribution in [0.4, 0.5) is 0 Å². The summed E-state index contributed by atoms with van der Waals surface area (Å²) in [7, 11) is -2.52. The number of hydrogen-bond donors (Lipinski definition) is 1. The summed E-state index contributed by atoms with van der Waals surface area (Å²) in [6, 6.07) is 17.9. The fraction of sp³-hybridized carbons (Fsp3) is 0.455. The van der Waals surface area contributed by atoms with E-state index in [1.165, 1.54) is 5.56 Å². The minimum atomic E-state index is -2.52. The van der Waals surface area contributed by atoms with Crippen molar-refractivity contribution in [1.29, 1.82) is 0 Å². The normalized spacial score (nSPS) is 13.4. The Hall–Kier alpha value is -0.880. The largest absolute Gasteiger partial charge is 1.00 e. The molecule has 2 aromatic carbocycles. The van der Waals surface area contributed by atoms with Crippen molar-refractivity contribution in [1.82, 2.24) is 5.09 Å². The highest BCUT2D eigenvalue weighted by molar-refractivity contribution is 7.68. The van der Waals surface area contributed by atoms with E-state index >= 15 is 0 Å². The average Bonchev–Trinajstić information content (AvgIpc) is 2.67. The third-order valence-corrected chi connectivity index (χ3v) is 7.52. The number of aryl methyl sites for hydroxylation is 1. The highest BCUT2D eigenvalue weighted by Gasteiger charge is 2.25. The van der Waals surface area contributed by atoms with Crippen molar-refractivity contribution >= 4 is 12.6 Å². The van der Waals surface area contributed by atoms with Gasteiger partial charge in [0.25, 0.3) is 0 Å².